The van der Waals surface area contributed by atoms with Gasteiger partial charge in [0.1, 0.15) is 12.4 Å². The summed E-state index contributed by atoms with van der Waals surface area (Å²) < 4.78 is 18.6. The Morgan fingerprint density at radius 3 is 2.70 bits per heavy atom. The van der Waals surface area contributed by atoms with Crippen molar-refractivity contribution in [2.24, 2.45) is 0 Å². The van der Waals surface area contributed by atoms with Gasteiger partial charge in [0.05, 0.1) is 23.7 Å². The highest BCUT2D eigenvalue weighted by Crippen LogP contribution is 2.08. The van der Waals surface area contributed by atoms with E-state index < -0.39 is 11.9 Å². The number of carbonyl (C=O) groups is 1. The maximum atomic E-state index is 13.6. The number of rotatable bonds is 3. The first-order valence-electron chi connectivity index (χ1n) is 6.82. The number of carbonyl (C=O) groups excluding carboxylic acids is 1. The predicted octanol–water partition coefficient (Wildman–Crippen LogP) is 2.98. The van der Waals surface area contributed by atoms with E-state index in [-0.39, 0.29) is 24.3 Å². The van der Waals surface area contributed by atoms with Crippen molar-refractivity contribution in [3.63, 3.8) is 0 Å². The Labute approximate surface area is 133 Å². The first-order valence-corrected chi connectivity index (χ1v) is 6.82. The van der Waals surface area contributed by atoms with Crippen molar-refractivity contribution in [3.05, 3.63) is 71.0 Å². The first-order chi connectivity index (χ1) is 11.2. The second-order valence-electron chi connectivity index (χ2n) is 4.52. The van der Waals surface area contributed by atoms with Gasteiger partial charge in [0.2, 0.25) is 0 Å². The van der Waals surface area contributed by atoms with Gasteiger partial charge in [-0.2, -0.15) is 5.26 Å². The van der Waals surface area contributed by atoms with Gasteiger partial charge in [-0.3, -0.25) is 0 Å². The Kier molecular flexibility index (Phi) is 5.74. The summed E-state index contributed by atoms with van der Waals surface area (Å²) >= 11 is 0. The van der Waals surface area contributed by atoms with Crippen LogP contribution < -0.4 is 5.32 Å². The predicted molar refractivity (Wildman–Crippen MR) is 82.6 cm³/mol. The standard InChI is InChI=1S/C18H13FN2O2/c19-17-11-15(12-20)8-9-16(17)7-4-10-21-18(22)23-13-14-5-2-1-3-6-14/h1-3,5-6,8-9,11H,10,13H2,(H,21,22). The van der Waals surface area contributed by atoms with E-state index >= 15 is 0 Å². The van der Waals surface area contributed by atoms with Crippen molar-refractivity contribution in [1.29, 1.82) is 5.26 Å². The lowest BCUT2D eigenvalue weighted by Gasteiger charge is -2.04. The zero-order valence-electron chi connectivity index (χ0n) is 12.2. The maximum Gasteiger partial charge on any atom is 0.408 e. The molecule has 0 radical (unpaired) electrons. The van der Waals surface area contributed by atoms with E-state index in [1.807, 2.05) is 36.4 Å². The summed E-state index contributed by atoms with van der Waals surface area (Å²) in [6, 6.07) is 15.1. The zero-order chi connectivity index (χ0) is 16.5. The van der Waals surface area contributed by atoms with Crippen LogP contribution in [0.2, 0.25) is 0 Å². The number of hydrogen-bond acceptors (Lipinski definition) is 3. The number of nitrogens with zero attached hydrogens (tertiary/aromatic N) is 1. The molecule has 2 aromatic rings. The summed E-state index contributed by atoms with van der Waals surface area (Å²) in [6.07, 6.45) is -0.594. The molecule has 1 N–H and O–H groups in total. The molecule has 0 aliphatic heterocycles. The van der Waals surface area contributed by atoms with Gasteiger partial charge in [0.25, 0.3) is 0 Å². The van der Waals surface area contributed by atoms with Gasteiger partial charge in [-0.15, -0.1) is 0 Å². The van der Waals surface area contributed by atoms with Crippen molar-refractivity contribution >= 4 is 6.09 Å². The fourth-order valence-electron chi connectivity index (χ4n) is 1.72. The van der Waals surface area contributed by atoms with Gasteiger partial charge in [0, 0.05) is 0 Å². The summed E-state index contributed by atoms with van der Waals surface area (Å²) in [6.45, 7) is 0.206. The van der Waals surface area contributed by atoms with E-state index in [1.54, 1.807) is 0 Å². The molecule has 0 aliphatic carbocycles. The van der Waals surface area contributed by atoms with Crippen molar-refractivity contribution in [2.75, 3.05) is 6.54 Å². The van der Waals surface area contributed by atoms with Crippen LogP contribution in [0.15, 0.2) is 48.5 Å². The molecule has 0 saturated heterocycles. The number of ether oxygens (including phenoxy) is 1. The molecule has 0 atom stereocenters. The Morgan fingerprint density at radius 1 is 1.22 bits per heavy atom. The maximum absolute atomic E-state index is 13.6. The number of alkyl carbamates (subject to hydrolysis) is 1. The summed E-state index contributed by atoms with van der Waals surface area (Å²) in [5.41, 5.74) is 1.28. The van der Waals surface area contributed by atoms with Crippen molar-refractivity contribution in [3.8, 4) is 17.9 Å². The Hall–Kier alpha value is -3.31. The SMILES string of the molecule is N#Cc1ccc(C#CCNC(=O)OCc2ccccc2)c(F)c1. The molecule has 2 aromatic carbocycles. The van der Waals surface area contributed by atoms with Gasteiger partial charge in [-0.05, 0) is 23.8 Å². The number of amides is 1. The van der Waals surface area contributed by atoms with Crippen LogP contribution in [0.1, 0.15) is 16.7 Å². The molecule has 0 aliphatic rings. The van der Waals surface area contributed by atoms with Crippen LogP contribution in [0.3, 0.4) is 0 Å². The van der Waals surface area contributed by atoms with Crippen LogP contribution in [0.4, 0.5) is 9.18 Å². The monoisotopic (exact) mass is 308 g/mol. The van der Waals surface area contributed by atoms with Crippen LogP contribution in [0, 0.1) is 29.0 Å². The Morgan fingerprint density at radius 2 is 2.00 bits per heavy atom. The van der Waals surface area contributed by atoms with Crippen molar-refractivity contribution < 1.29 is 13.9 Å². The number of benzene rings is 2. The molecule has 2 rings (SSSR count). The van der Waals surface area contributed by atoms with E-state index in [1.165, 1.54) is 12.1 Å². The third-order valence-electron chi connectivity index (χ3n) is 2.86. The molecular weight excluding hydrogens is 295 g/mol. The molecule has 0 aromatic heterocycles. The molecule has 1 amide bonds. The van der Waals surface area contributed by atoms with Crippen molar-refractivity contribution in [1.82, 2.24) is 5.32 Å². The van der Waals surface area contributed by atoms with Crippen LogP contribution >= 0.6 is 0 Å². The molecule has 114 valence electrons. The van der Waals surface area contributed by atoms with Gasteiger partial charge in [-0.1, -0.05) is 42.2 Å². The minimum Gasteiger partial charge on any atom is -0.445 e. The lowest BCUT2D eigenvalue weighted by molar-refractivity contribution is 0.141. The topological polar surface area (TPSA) is 62.1 Å². The largest absolute Gasteiger partial charge is 0.445 e. The van der Waals surface area contributed by atoms with Gasteiger partial charge >= 0.3 is 6.09 Å². The summed E-state index contributed by atoms with van der Waals surface area (Å²) in [5, 5.41) is 11.1. The van der Waals surface area contributed by atoms with E-state index in [9.17, 15) is 9.18 Å². The Balaban J connectivity index is 1.79. The summed E-state index contributed by atoms with van der Waals surface area (Å²) in [5.74, 6) is 4.65. The summed E-state index contributed by atoms with van der Waals surface area (Å²) in [4.78, 5) is 11.5. The van der Waals surface area contributed by atoms with Crippen LogP contribution in [-0.4, -0.2) is 12.6 Å². The number of nitrogens with one attached hydrogen (secondary N) is 1. The van der Waals surface area contributed by atoms with E-state index in [4.69, 9.17) is 10.00 Å². The highest BCUT2D eigenvalue weighted by Gasteiger charge is 2.01. The molecule has 0 fully saturated rings. The summed E-state index contributed by atoms with van der Waals surface area (Å²) in [7, 11) is 0. The second-order valence-corrected chi connectivity index (χ2v) is 4.52. The smallest absolute Gasteiger partial charge is 0.408 e. The van der Waals surface area contributed by atoms with Crippen molar-refractivity contribution in [2.45, 2.75) is 6.61 Å². The lowest BCUT2D eigenvalue weighted by atomic mass is 10.1. The molecule has 0 unspecified atom stereocenters. The van der Waals surface area contributed by atoms with Gasteiger partial charge < -0.3 is 10.1 Å². The zero-order valence-corrected chi connectivity index (χ0v) is 12.2. The quantitative estimate of drug-likeness (QED) is 0.887. The second kappa shape index (κ2) is 8.21. The minimum atomic E-state index is -0.594. The highest BCUT2D eigenvalue weighted by atomic mass is 19.1. The average Bonchev–Trinajstić information content (AvgIpc) is 2.58. The number of halogens is 1. The molecule has 0 saturated carbocycles. The average molecular weight is 308 g/mol. The number of hydrogen-bond donors (Lipinski definition) is 1. The third kappa shape index (κ3) is 5.18. The van der Waals surface area contributed by atoms with Gasteiger partial charge in [0.15, 0.2) is 0 Å². The molecule has 0 spiro atoms. The third-order valence-corrected chi connectivity index (χ3v) is 2.86. The van der Waals surface area contributed by atoms with Crippen LogP contribution in [0.25, 0.3) is 0 Å². The van der Waals surface area contributed by atoms with E-state index in [0.29, 0.717) is 0 Å². The normalized spacial score (nSPS) is 9.22. The first kappa shape index (κ1) is 16.1. The molecular formula is C18H13FN2O2. The Bertz CT molecular complexity index is 786. The van der Waals surface area contributed by atoms with E-state index in [0.717, 1.165) is 11.6 Å². The number of nitriles is 1. The lowest BCUT2D eigenvalue weighted by Crippen LogP contribution is -2.24. The molecule has 0 heterocycles. The fraction of sp³-hybridized carbons (Fsp3) is 0.111. The molecule has 0 bridgehead atoms. The van der Waals surface area contributed by atoms with E-state index in [2.05, 4.69) is 17.2 Å². The highest BCUT2D eigenvalue weighted by molar-refractivity contribution is 5.67. The van der Waals surface area contributed by atoms with Crippen LogP contribution in [0.5, 0.6) is 0 Å². The molecule has 5 heteroatoms. The van der Waals surface area contributed by atoms with Gasteiger partial charge in [-0.25, -0.2) is 9.18 Å². The van der Waals surface area contributed by atoms with Crippen LogP contribution in [-0.2, 0) is 11.3 Å². The molecule has 23 heavy (non-hydrogen) atoms. The molecule has 4 nitrogen and oxygen atoms in total. The minimum absolute atomic E-state index is 0.0348. The fourth-order valence-corrected chi connectivity index (χ4v) is 1.72.